The molecule has 1 saturated heterocycles. The Bertz CT molecular complexity index is 1460. The number of benzene rings is 2. The van der Waals surface area contributed by atoms with Crippen LogP contribution in [0.15, 0.2) is 42.5 Å². The number of esters is 1. The van der Waals surface area contributed by atoms with Crippen molar-refractivity contribution in [3.05, 3.63) is 64.8 Å². The third kappa shape index (κ3) is 8.67. The van der Waals surface area contributed by atoms with E-state index < -0.39 is 48.7 Å². The number of methoxy groups -OCH3 is 1. The molecule has 11 heteroatoms. The molecule has 1 aliphatic heterocycles. The fourth-order valence-corrected chi connectivity index (χ4v) is 4.80. The van der Waals surface area contributed by atoms with Crippen LogP contribution in [-0.2, 0) is 19.1 Å². The molecule has 230 valence electrons. The van der Waals surface area contributed by atoms with Gasteiger partial charge in [0.15, 0.2) is 12.4 Å². The smallest absolute Gasteiger partial charge is 0.339 e. The Morgan fingerprint density at radius 1 is 1.05 bits per heavy atom. The number of amides is 3. The normalized spacial score (nSPS) is 14.6. The summed E-state index contributed by atoms with van der Waals surface area (Å²) in [4.78, 5) is 66.3. The highest BCUT2D eigenvalue weighted by atomic mass is 16.5. The molecule has 0 bridgehead atoms. The minimum Gasteiger partial charge on any atom is -0.496 e. The number of fused-ring (bicyclic) bond motifs is 1. The van der Waals surface area contributed by atoms with E-state index in [1.165, 1.54) is 13.5 Å². The molecule has 1 fully saturated rings. The Balaban J connectivity index is 0.00000162. The molecule has 1 aromatic heterocycles. The van der Waals surface area contributed by atoms with Crippen molar-refractivity contribution in [1.29, 1.82) is 0 Å². The molecule has 4 N–H and O–H groups in total. The highest BCUT2D eigenvalue weighted by molar-refractivity contribution is 6.01. The second kappa shape index (κ2) is 15.5. The van der Waals surface area contributed by atoms with Crippen molar-refractivity contribution in [3.63, 3.8) is 0 Å². The molecule has 4 rings (SSSR count). The number of H-pyrrole nitrogens is 1. The van der Waals surface area contributed by atoms with Crippen LogP contribution in [0.5, 0.6) is 5.75 Å². The summed E-state index contributed by atoms with van der Waals surface area (Å²) in [6.45, 7) is 7.29. The number of nitrogens with one attached hydrogen (secondary N) is 4. The van der Waals surface area contributed by atoms with Gasteiger partial charge < -0.3 is 30.4 Å². The maximum atomic E-state index is 13.1. The van der Waals surface area contributed by atoms with Gasteiger partial charge in [-0.05, 0) is 56.0 Å². The van der Waals surface area contributed by atoms with Crippen molar-refractivity contribution in [2.75, 3.05) is 26.8 Å². The van der Waals surface area contributed by atoms with E-state index in [2.05, 4.69) is 34.8 Å². The molecule has 2 atom stereocenters. The van der Waals surface area contributed by atoms with E-state index in [1.807, 2.05) is 6.07 Å². The molecule has 0 spiro atoms. The lowest BCUT2D eigenvalue weighted by molar-refractivity contribution is -0.130. The number of hydrogen-bond acceptors (Lipinski definition) is 7. The van der Waals surface area contributed by atoms with Gasteiger partial charge in [-0.25, -0.2) is 4.79 Å². The van der Waals surface area contributed by atoms with Crippen LogP contribution in [0.1, 0.15) is 65.1 Å². The quantitative estimate of drug-likeness (QED) is 0.249. The molecular weight excluding hydrogens is 552 g/mol. The van der Waals surface area contributed by atoms with Crippen LogP contribution in [0, 0.1) is 19.8 Å². The summed E-state index contributed by atoms with van der Waals surface area (Å²) < 4.78 is 10.6. The second-order valence-electron chi connectivity index (χ2n) is 10.4. The third-order valence-electron chi connectivity index (χ3n) is 6.94. The standard InChI is InChI=1S/C29H32N4O7.C3H8/c1-16-6-4-7-17(2)26(16)29(38)40-15-23(34)21(12-18-10-11-30-27(18)36)33-25(35)14-31-28(37)22-13-19-20(32-22)8-5-9-24(19)39-3;1-3-2/h4-9,13,18,21,32H,10-12,14-15H2,1-3H3,(H,30,36)(H,31,37)(H,33,35);3H2,1-2H3/t18-,21?;/m0./s1. The average molecular weight is 593 g/mol. The number of rotatable bonds is 11. The second-order valence-corrected chi connectivity index (χ2v) is 10.4. The van der Waals surface area contributed by atoms with Crippen molar-refractivity contribution in [1.82, 2.24) is 20.9 Å². The largest absolute Gasteiger partial charge is 0.496 e. The van der Waals surface area contributed by atoms with Gasteiger partial charge in [-0.15, -0.1) is 0 Å². The van der Waals surface area contributed by atoms with Crippen LogP contribution in [0.4, 0.5) is 0 Å². The summed E-state index contributed by atoms with van der Waals surface area (Å²) >= 11 is 0. The van der Waals surface area contributed by atoms with Gasteiger partial charge in [-0.1, -0.05) is 44.5 Å². The molecule has 3 aromatic rings. The van der Waals surface area contributed by atoms with Gasteiger partial charge in [-0.3, -0.25) is 19.2 Å². The van der Waals surface area contributed by atoms with Crippen molar-refractivity contribution < 1.29 is 33.4 Å². The number of aromatic amines is 1. The number of hydrogen-bond donors (Lipinski definition) is 4. The molecule has 43 heavy (non-hydrogen) atoms. The molecule has 0 saturated carbocycles. The monoisotopic (exact) mass is 592 g/mol. The Kier molecular flexibility index (Phi) is 11.9. The van der Waals surface area contributed by atoms with E-state index in [0.717, 1.165) is 5.39 Å². The van der Waals surface area contributed by atoms with Gasteiger partial charge in [0.2, 0.25) is 11.8 Å². The maximum Gasteiger partial charge on any atom is 0.339 e. The molecule has 0 aliphatic carbocycles. The SMILES string of the molecule is CCC.COc1cccc2[nH]c(C(=O)NCC(=O)NC(C[C@@H]3CCNC3=O)C(=O)COC(=O)c3c(C)cccc3C)cc12. The lowest BCUT2D eigenvalue weighted by Gasteiger charge is -2.20. The van der Waals surface area contributed by atoms with E-state index in [-0.39, 0.29) is 18.0 Å². The number of carbonyl (C=O) groups is 5. The molecule has 2 heterocycles. The molecule has 1 unspecified atom stereocenters. The molecule has 3 amide bonds. The number of aromatic nitrogens is 1. The Morgan fingerprint density at radius 3 is 2.35 bits per heavy atom. The summed E-state index contributed by atoms with van der Waals surface area (Å²) in [5, 5.41) is 8.56. The van der Waals surface area contributed by atoms with Crippen LogP contribution in [0.2, 0.25) is 0 Å². The number of aryl methyl sites for hydroxylation is 2. The van der Waals surface area contributed by atoms with Crippen LogP contribution in [0.25, 0.3) is 10.9 Å². The highest BCUT2D eigenvalue weighted by Crippen LogP contribution is 2.26. The lowest BCUT2D eigenvalue weighted by atomic mass is 9.96. The highest BCUT2D eigenvalue weighted by Gasteiger charge is 2.32. The Hall–Kier alpha value is -4.67. The molecule has 11 nitrogen and oxygen atoms in total. The van der Waals surface area contributed by atoms with Crippen molar-refractivity contribution in [3.8, 4) is 5.75 Å². The van der Waals surface area contributed by atoms with Gasteiger partial charge >= 0.3 is 5.97 Å². The first-order valence-corrected chi connectivity index (χ1v) is 14.4. The fraction of sp³-hybridized carbons (Fsp3) is 0.406. The van der Waals surface area contributed by atoms with E-state index in [9.17, 15) is 24.0 Å². The zero-order valence-corrected chi connectivity index (χ0v) is 25.3. The maximum absolute atomic E-state index is 13.1. The predicted octanol–water partition coefficient (Wildman–Crippen LogP) is 3.38. The van der Waals surface area contributed by atoms with E-state index in [4.69, 9.17) is 9.47 Å². The summed E-state index contributed by atoms with van der Waals surface area (Å²) in [7, 11) is 1.53. The lowest BCUT2D eigenvalue weighted by Crippen LogP contribution is -2.48. The fourth-order valence-electron chi connectivity index (χ4n) is 4.80. The van der Waals surface area contributed by atoms with E-state index in [1.54, 1.807) is 50.2 Å². The summed E-state index contributed by atoms with van der Waals surface area (Å²) in [5.74, 6) is -2.42. The molecule has 1 aliphatic rings. The van der Waals surface area contributed by atoms with Crippen LogP contribution < -0.4 is 20.7 Å². The number of carbonyl (C=O) groups excluding carboxylic acids is 5. The Morgan fingerprint density at radius 2 is 1.72 bits per heavy atom. The third-order valence-corrected chi connectivity index (χ3v) is 6.94. The first-order valence-electron chi connectivity index (χ1n) is 14.4. The van der Waals surface area contributed by atoms with Crippen molar-refractivity contribution in [2.24, 2.45) is 5.92 Å². The van der Waals surface area contributed by atoms with Gasteiger partial charge in [0.1, 0.15) is 11.4 Å². The molecular formula is C32H40N4O7. The predicted molar refractivity (Wildman–Crippen MR) is 162 cm³/mol. The Labute approximate surface area is 251 Å². The van der Waals surface area contributed by atoms with Crippen LogP contribution >= 0.6 is 0 Å². The van der Waals surface area contributed by atoms with Crippen LogP contribution in [0.3, 0.4) is 0 Å². The number of ether oxygens (including phenoxy) is 2. The summed E-state index contributed by atoms with van der Waals surface area (Å²) in [6, 6.07) is 11.3. The zero-order chi connectivity index (χ0) is 31.5. The average Bonchev–Trinajstić information content (AvgIpc) is 3.60. The first-order chi connectivity index (χ1) is 20.6. The molecule has 2 aromatic carbocycles. The minimum atomic E-state index is -1.08. The van der Waals surface area contributed by atoms with Crippen molar-refractivity contribution in [2.45, 2.75) is 53.0 Å². The van der Waals surface area contributed by atoms with E-state index in [0.29, 0.717) is 40.9 Å². The van der Waals surface area contributed by atoms with Gasteiger partial charge in [-0.2, -0.15) is 0 Å². The topological polar surface area (TPSA) is 156 Å². The van der Waals surface area contributed by atoms with E-state index >= 15 is 0 Å². The molecule has 0 radical (unpaired) electrons. The number of Topliss-reactive ketones (excluding diaryl/α,β-unsaturated/α-hetero) is 1. The number of ketones is 1. The zero-order valence-electron chi connectivity index (χ0n) is 25.3. The van der Waals surface area contributed by atoms with Gasteiger partial charge in [0, 0.05) is 23.4 Å². The minimum absolute atomic E-state index is 0.0487. The van der Waals surface area contributed by atoms with Gasteiger partial charge in [0.25, 0.3) is 5.91 Å². The van der Waals surface area contributed by atoms with Gasteiger partial charge in [0.05, 0.1) is 25.3 Å². The summed E-state index contributed by atoms with van der Waals surface area (Å²) in [5.41, 5.74) is 2.75. The van der Waals surface area contributed by atoms with Crippen molar-refractivity contribution >= 4 is 40.4 Å². The summed E-state index contributed by atoms with van der Waals surface area (Å²) in [6.07, 6.45) is 1.81. The first kappa shape index (κ1) is 32.8. The van der Waals surface area contributed by atoms with Crippen LogP contribution in [-0.4, -0.2) is 67.3 Å².